The molecule has 1 atom stereocenters. The summed E-state index contributed by atoms with van der Waals surface area (Å²) in [5.74, 6) is 0.417. The number of halogens is 1. The maximum absolute atomic E-state index is 11.0. The Morgan fingerprint density at radius 3 is 2.67 bits per heavy atom. The van der Waals surface area contributed by atoms with E-state index in [9.17, 15) is 15.2 Å². The van der Waals surface area contributed by atoms with Gasteiger partial charge in [0.2, 0.25) is 5.75 Å². The maximum Gasteiger partial charge on any atom is 0.311 e. The number of ether oxygens (including phenoxy) is 1. The largest absolute Gasteiger partial charge is 0.450 e. The third-order valence-corrected chi connectivity index (χ3v) is 3.24. The molecule has 0 aliphatic rings. The van der Waals surface area contributed by atoms with E-state index in [0.717, 1.165) is 0 Å². The van der Waals surface area contributed by atoms with Gasteiger partial charge in [0.1, 0.15) is 5.75 Å². The van der Waals surface area contributed by atoms with Crippen LogP contribution in [0.5, 0.6) is 11.5 Å². The minimum absolute atomic E-state index is 0.0447. The summed E-state index contributed by atoms with van der Waals surface area (Å²) in [6.07, 6.45) is -0.183. The number of nitro groups is 1. The summed E-state index contributed by atoms with van der Waals surface area (Å²) in [6, 6.07) is 11.0. The molecule has 0 fully saturated rings. The van der Waals surface area contributed by atoms with Crippen molar-refractivity contribution < 1.29 is 14.8 Å². The Morgan fingerprint density at radius 1 is 1.29 bits per heavy atom. The highest BCUT2D eigenvalue weighted by Gasteiger charge is 2.19. The minimum Gasteiger partial charge on any atom is -0.450 e. The molecule has 0 aromatic heterocycles. The smallest absolute Gasteiger partial charge is 0.311 e. The molecule has 0 saturated heterocycles. The number of nitro benzene ring substituents is 1. The molecule has 0 radical (unpaired) electrons. The number of nitrogens with zero attached hydrogens (tertiary/aromatic N) is 1. The lowest BCUT2D eigenvalue weighted by atomic mass is 10.1. The summed E-state index contributed by atoms with van der Waals surface area (Å²) in [5.41, 5.74) is 0.398. The number of rotatable bonds is 5. The van der Waals surface area contributed by atoms with E-state index in [1.54, 1.807) is 24.3 Å². The number of aliphatic hydroxyl groups excluding tert-OH is 1. The van der Waals surface area contributed by atoms with Gasteiger partial charge in [0, 0.05) is 22.7 Å². The fraction of sp³-hybridized carbons (Fsp3) is 0.200. The van der Waals surface area contributed by atoms with E-state index in [0.29, 0.717) is 22.8 Å². The Morgan fingerprint density at radius 2 is 2.00 bits per heavy atom. The molecular weight excluding hydrogens is 294 g/mol. The monoisotopic (exact) mass is 307 g/mol. The summed E-state index contributed by atoms with van der Waals surface area (Å²) in [7, 11) is 0. The highest BCUT2D eigenvalue weighted by Crippen LogP contribution is 2.36. The lowest BCUT2D eigenvalue weighted by Gasteiger charge is -2.14. The van der Waals surface area contributed by atoms with Crippen molar-refractivity contribution in [2.75, 3.05) is 0 Å². The standard InChI is InChI=1S/C15H14ClNO4/c1-2-13(18)11-5-3-4-6-14(11)21-15-9-10(16)7-8-12(15)17(19)20/h3-9,13,18H,2H2,1H3/t13-/m1/s1. The predicted molar refractivity (Wildman–Crippen MR) is 79.9 cm³/mol. The van der Waals surface area contributed by atoms with Crippen LogP contribution in [0.2, 0.25) is 5.02 Å². The predicted octanol–water partition coefficient (Wildman–Crippen LogP) is 4.48. The molecule has 1 N–H and O–H groups in total. The molecule has 0 aliphatic carbocycles. The SMILES string of the molecule is CC[C@@H](O)c1ccccc1Oc1cc(Cl)ccc1[N+](=O)[O-]. The second kappa shape index (κ2) is 6.56. The Labute approximate surface area is 126 Å². The van der Waals surface area contributed by atoms with Gasteiger partial charge in [-0.2, -0.15) is 0 Å². The molecule has 5 nitrogen and oxygen atoms in total. The van der Waals surface area contributed by atoms with Crippen LogP contribution in [0.25, 0.3) is 0 Å². The van der Waals surface area contributed by atoms with Crippen molar-refractivity contribution in [3.63, 3.8) is 0 Å². The Bertz CT molecular complexity index is 660. The zero-order valence-corrected chi connectivity index (χ0v) is 12.1. The van der Waals surface area contributed by atoms with Gasteiger partial charge in [0.05, 0.1) is 11.0 Å². The van der Waals surface area contributed by atoms with Crippen LogP contribution < -0.4 is 4.74 Å². The Hall–Kier alpha value is -2.11. The summed E-state index contributed by atoms with van der Waals surface area (Å²) < 4.78 is 5.62. The van der Waals surface area contributed by atoms with Crippen LogP contribution in [0.15, 0.2) is 42.5 Å². The lowest BCUT2D eigenvalue weighted by Crippen LogP contribution is -2.00. The van der Waals surface area contributed by atoms with Gasteiger partial charge in [0.15, 0.2) is 0 Å². The van der Waals surface area contributed by atoms with Gasteiger partial charge in [-0.25, -0.2) is 0 Å². The van der Waals surface area contributed by atoms with Crippen molar-refractivity contribution in [3.05, 3.63) is 63.2 Å². The van der Waals surface area contributed by atoms with Crippen LogP contribution in [-0.2, 0) is 0 Å². The Balaban J connectivity index is 2.43. The molecule has 0 bridgehead atoms. The molecule has 2 rings (SSSR count). The van der Waals surface area contributed by atoms with Crippen molar-refractivity contribution in [1.82, 2.24) is 0 Å². The average molecular weight is 308 g/mol. The number of benzene rings is 2. The van der Waals surface area contributed by atoms with Crippen LogP contribution >= 0.6 is 11.6 Å². The van der Waals surface area contributed by atoms with E-state index in [-0.39, 0.29) is 11.4 Å². The van der Waals surface area contributed by atoms with Crippen molar-refractivity contribution in [1.29, 1.82) is 0 Å². The third kappa shape index (κ3) is 3.51. The normalized spacial score (nSPS) is 12.0. The van der Waals surface area contributed by atoms with Gasteiger partial charge < -0.3 is 9.84 Å². The van der Waals surface area contributed by atoms with Gasteiger partial charge in [-0.15, -0.1) is 0 Å². The first-order chi connectivity index (χ1) is 10.0. The average Bonchev–Trinajstić information content (AvgIpc) is 2.47. The van der Waals surface area contributed by atoms with Gasteiger partial charge in [-0.05, 0) is 18.6 Å². The van der Waals surface area contributed by atoms with E-state index in [2.05, 4.69) is 0 Å². The lowest BCUT2D eigenvalue weighted by molar-refractivity contribution is -0.385. The highest BCUT2D eigenvalue weighted by atomic mass is 35.5. The zero-order chi connectivity index (χ0) is 15.4. The van der Waals surface area contributed by atoms with Crippen LogP contribution in [-0.4, -0.2) is 10.0 Å². The van der Waals surface area contributed by atoms with Crippen LogP contribution in [0.4, 0.5) is 5.69 Å². The molecule has 110 valence electrons. The molecule has 0 heterocycles. The molecule has 0 aliphatic heterocycles. The first-order valence-electron chi connectivity index (χ1n) is 6.41. The van der Waals surface area contributed by atoms with Crippen LogP contribution in [0, 0.1) is 10.1 Å². The summed E-state index contributed by atoms with van der Waals surface area (Å²) in [5, 5.41) is 21.3. The zero-order valence-electron chi connectivity index (χ0n) is 11.3. The minimum atomic E-state index is -0.695. The number of hydrogen-bond donors (Lipinski definition) is 1. The van der Waals surface area contributed by atoms with Crippen molar-refractivity contribution in [3.8, 4) is 11.5 Å². The van der Waals surface area contributed by atoms with Gasteiger partial charge >= 0.3 is 5.69 Å². The van der Waals surface area contributed by atoms with Gasteiger partial charge in [0.25, 0.3) is 0 Å². The number of hydrogen-bond acceptors (Lipinski definition) is 4. The van der Waals surface area contributed by atoms with E-state index in [1.165, 1.54) is 18.2 Å². The first-order valence-corrected chi connectivity index (χ1v) is 6.79. The summed E-state index contributed by atoms with van der Waals surface area (Å²) in [4.78, 5) is 10.5. The molecule has 0 saturated carbocycles. The molecular formula is C15H14ClNO4. The molecule has 2 aromatic rings. The third-order valence-electron chi connectivity index (χ3n) is 3.00. The number of aliphatic hydroxyl groups is 1. The fourth-order valence-electron chi connectivity index (χ4n) is 1.91. The highest BCUT2D eigenvalue weighted by molar-refractivity contribution is 6.30. The molecule has 0 amide bonds. The van der Waals surface area contributed by atoms with Crippen molar-refractivity contribution in [2.24, 2.45) is 0 Å². The van der Waals surface area contributed by atoms with Crippen molar-refractivity contribution in [2.45, 2.75) is 19.4 Å². The van der Waals surface area contributed by atoms with E-state index >= 15 is 0 Å². The Kier molecular flexibility index (Phi) is 4.77. The molecule has 0 unspecified atom stereocenters. The van der Waals surface area contributed by atoms with Crippen LogP contribution in [0.1, 0.15) is 25.0 Å². The second-order valence-electron chi connectivity index (χ2n) is 4.43. The summed E-state index contributed by atoms with van der Waals surface area (Å²) >= 11 is 5.87. The summed E-state index contributed by atoms with van der Waals surface area (Å²) in [6.45, 7) is 1.84. The second-order valence-corrected chi connectivity index (χ2v) is 4.87. The van der Waals surface area contributed by atoms with E-state index in [1.807, 2.05) is 6.92 Å². The van der Waals surface area contributed by atoms with Gasteiger partial charge in [-0.3, -0.25) is 10.1 Å². The topological polar surface area (TPSA) is 72.6 Å². The van der Waals surface area contributed by atoms with E-state index < -0.39 is 11.0 Å². The van der Waals surface area contributed by atoms with Gasteiger partial charge in [-0.1, -0.05) is 36.7 Å². The fourth-order valence-corrected chi connectivity index (χ4v) is 2.07. The molecule has 21 heavy (non-hydrogen) atoms. The van der Waals surface area contributed by atoms with Crippen LogP contribution in [0.3, 0.4) is 0 Å². The maximum atomic E-state index is 11.0. The van der Waals surface area contributed by atoms with Crippen molar-refractivity contribution >= 4 is 17.3 Å². The molecule has 0 spiro atoms. The number of para-hydroxylation sites is 1. The van der Waals surface area contributed by atoms with E-state index in [4.69, 9.17) is 16.3 Å². The molecule has 6 heteroatoms. The first kappa shape index (κ1) is 15.3. The quantitative estimate of drug-likeness (QED) is 0.652. The molecule has 2 aromatic carbocycles.